The summed E-state index contributed by atoms with van der Waals surface area (Å²) in [7, 11) is 0. The van der Waals surface area contributed by atoms with Crippen LogP contribution in [0.3, 0.4) is 0 Å². The van der Waals surface area contributed by atoms with Gasteiger partial charge in [0.2, 0.25) is 0 Å². The van der Waals surface area contributed by atoms with Crippen LogP contribution in [0.5, 0.6) is 0 Å². The van der Waals surface area contributed by atoms with E-state index in [4.69, 9.17) is 47.4 Å². The van der Waals surface area contributed by atoms with E-state index in [1.807, 2.05) is 0 Å². The van der Waals surface area contributed by atoms with Gasteiger partial charge in [0.15, 0.2) is 30.8 Å². The van der Waals surface area contributed by atoms with Gasteiger partial charge in [-0.3, -0.25) is 4.79 Å². The van der Waals surface area contributed by atoms with Gasteiger partial charge in [-0.05, 0) is 99.7 Å². The van der Waals surface area contributed by atoms with Crippen LogP contribution in [-0.4, -0.2) is 222 Å². The van der Waals surface area contributed by atoms with E-state index in [1.54, 1.807) is 0 Å². The van der Waals surface area contributed by atoms with Crippen LogP contribution >= 0.6 is 0 Å². The monoisotopic (exact) mass is 1070 g/mol. The van der Waals surface area contributed by atoms with E-state index in [9.17, 15) is 61.0 Å². The molecule has 22 nitrogen and oxygen atoms in total. The lowest BCUT2D eigenvalue weighted by Gasteiger charge is -2.72. The zero-order chi connectivity index (χ0) is 54.0. The molecule has 0 radical (unpaired) electrons. The van der Waals surface area contributed by atoms with Crippen LogP contribution in [0.4, 0.5) is 0 Å². The SMILES string of the molecule is C=C1CC[C@@]23CC[C@]4(C)[C@](OC2=O)([C@H]2O[C@H]2[C@H]2[C@@]5(C)CC[C@H](O[C@@H]6O[C@H](CO)[C@@H](O[C@@H]7O[C@@H](C)[C@H](O)[C@@H](O)[C@H]7O)[C@H](O[C@@H]7O[C@H](CO)[C@@H](O)[C@H](O)[C@H]7O)[C@H]6O[C@@H]6O[C@@H](C)[C@H](O)[C@@H](O)[C@H]6O)C(C)(C)[C@H]5CC[C@]24C)[C@H]3C1. The number of aliphatic hydroxyl groups excluding tert-OH is 11. The summed E-state index contributed by atoms with van der Waals surface area (Å²) in [6.45, 7) is 17.1. The summed E-state index contributed by atoms with van der Waals surface area (Å²) in [6, 6.07) is 0. The fourth-order valence-electron chi connectivity index (χ4n) is 17.6. The Morgan fingerprint density at radius 3 is 1.75 bits per heavy atom. The zero-order valence-electron chi connectivity index (χ0n) is 43.9. The Kier molecular flexibility index (Phi) is 14.0. The number of ether oxygens (including phenoxy) is 10. The number of carbonyl (C=O) groups excluding carboxylic acids is 1. The van der Waals surface area contributed by atoms with Gasteiger partial charge in [0, 0.05) is 11.3 Å². The second kappa shape index (κ2) is 19.0. The van der Waals surface area contributed by atoms with Gasteiger partial charge >= 0.3 is 5.97 Å². The van der Waals surface area contributed by atoms with Gasteiger partial charge in [-0.2, -0.15) is 0 Å². The molecular formula is C53H82O22. The van der Waals surface area contributed by atoms with Crippen molar-refractivity contribution < 1.29 is 108 Å². The molecule has 1 spiro atoms. The predicted octanol–water partition coefficient (Wildman–Crippen LogP) is -1.22. The fourth-order valence-corrected chi connectivity index (χ4v) is 17.6. The lowest BCUT2D eigenvalue weighted by Crippen LogP contribution is -2.74. The summed E-state index contributed by atoms with van der Waals surface area (Å²) in [5.41, 5.74) is -1.72. The molecule has 0 aromatic carbocycles. The van der Waals surface area contributed by atoms with Crippen LogP contribution in [0.15, 0.2) is 12.2 Å². The maximum Gasteiger partial charge on any atom is 0.313 e. The Balaban J connectivity index is 0.933. The Labute approximate surface area is 436 Å². The molecule has 0 aromatic rings. The van der Waals surface area contributed by atoms with E-state index < -0.39 is 159 Å². The second-order valence-corrected chi connectivity index (χ2v) is 25.8. The van der Waals surface area contributed by atoms with E-state index >= 15 is 0 Å². The van der Waals surface area contributed by atoms with Gasteiger partial charge in [-0.25, -0.2) is 0 Å². The Bertz CT molecular complexity index is 2170. The maximum atomic E-state index is 14.2. The molecule has 6 aliphatic heterocycles. The predicted molar refractivity (Wildman–Crippen MR) is 253 cm³/mol. The number of epoxide rings is 1. The first-order valence-electron chi connectivity index (χ1n) is 27.4. The van der Waals surface area contributed by atoms with E-state index in [0.29, 0.717) is 12.8 Å². The van der Waals surface area contributed by atoms with Crippen molar-refractivity contribution >= 4 is 5.97 Å². The molecule has 11 N–H and O–H groups in total. The Morgan fingerprint density at radius 1 is 0.573 bits per heavy atom. The van der Waals surface area contributed by atoms with Crippen LogP contribution in [0.2, 0.25) is 0 Å². The molecular weight excluding hydrogens is 989 g/mol. The van der Waals surface area contributed by atoms with Crippen LogP contribution < -0.4 is 0 Å². The molecule has 75 heavy (non-hydrogen) atoms. The molecule has 11 rings (SSSR count). The smallest absolute Gasteiger partial charge is 0.313 e. The summed E-state index contributed by atoms with van der Waals surface area (Å²) in [4.78, 5) is 14.2. The summed E-state index contributed by atoms with van der Waals surface area (Å²) >= 11 is 0. The average Bonchev–Trinajstić information content (AvgIpc) is 4.25. The highest BCUT2D eigenvalue weighted by molar-refractivity contribution is 5.82. The number of carbonyl (C=O) groups is 1. The minimum Gasteiger partial charge on any atom is -0.455 e. The summed E-state index contributed by atoms with van der Waals surface area (Å²) in [5.74, 6) is 0.0417. The fraction of sp³-hybridized carbons (Fsp3) is 0.943. The first-order valence-corrected chi connectivity index (χ1v) is 27.4. The lowest BCUT2D eigenvalue weighted by atomic mass is 9.31. The number of rotatable bonds is 10. The second-order valence-electron chi connectivity index (χ2n) is 25.8. The molecule has 0 unspecified atom stereocenters. The summed E-state index contributed by atoms with van der Waals surface area (Å²) in [5, 5.41) is 120. The Morgan fingerprint density at radius 2 is 1.13 bits per heavy atom. The van der Waals surface area contributed by atoms with Gasteiger partial charge in [-0.15, -0.1) is 0 Å². The molecule has 426 valence electrons. The quantitative estimate of drug-likeness (QED) is 0.0529. The maximum absolute atomic E-state index is 14.2. The van der Waals surface area contributed by atoms with Gasteiger partial charge in [-0.1, -0.05) is 46.8 Å². The first-order chi connectivity index (χ1) is 35.3. The van der Waals surface area contributed by atoms with Crippen molar-refractivity contribution in [1.82, 2.24) is 0 Å². The number of hydrogen-bond donors (Lipinski definition) is 11. The third kappa shape index (κ3) is 7.81. The van der Waals surface area contributed by atoms with Crippen LogP contribution in [0.25, 0.3) is 0 Å². The van der Waals surface area contributed by atoms with Gasteiger partial charge in [0.1, 0.15) is 91.6 Å². The van der Waals surface area contributed by atoms with E-state index in [-0.39, 0.29) is 52.2 Å². The third-order valence-electron chi connectivity index (χ3n) is 22.0. The highest BCUT2D eigenvalue weighted by Gasteiger charge is 2.89. The third-order valence-corrected chi connectivity index (χ3v) is 22.0. The molecule has 0 aromatic heterocycles. The van der Waals surface area contributed by atoms with Crippen molar-refractivity contribution in [2.45, 2.75) is 253 Å². The van der Waals surface area contributed by atoms with Crippen LogP contribution in [0, 0.1) is 44.8 Å². The number of esters is 1. The normalized spacial score (nSPS) is 58.9. The number of aliphatic hydroxyl groups is 11. The van der Waals surface area contributed by atoms with Crippen LogP contribution in [-0.2, 0) is 52.2 Å². The summed E-state index contributed by atoms with van der Waals surface area (Å²) in [6.07, 6.45) is -27.4. The topological polar surface area (TPSA) is 335 Å². The van der Waals surface area contributed by atoms with E-state index in [1.165, 1.54) is 13.8 Å². The average molecular weight is 1070 g/mol. The number of allylic oxidation sites excluding steroid dienone is 1. The minimum absolute atomic E-state index is 0.00303. The molecule has 6 saturated heterocycles. The zero-order valence-corrected chi connectivity index (χ0v) is 43.9. The van der Waals surface area contributed by atoms with E-state index in [0.717, 1.165) is 50.5 Å². The van der Waals surface area contributed by atoms with Gasteiger partial charge in [0.25, 0.3) is 0 Å². The first kappa shape index (κ1) is 55.3. The molecule has 22 heteroatoms. The highest BCUT2D eigenvalue weighted by Crippen LogP contribution is 2.83. The van der Waals surface area contributed by atoms with Gasteiger partial charge < -0.3 is 104 Å². The van der Waals surface area contributed by atoms with E-state index in [2.05, 4.69) is 41.2 Å². The van der Waals surface area contributed by atoms with Crippen molar-refractivity contribution in [2.75, 3.05) is 13.2 Å². The molecule has 0 amide bonds. The highest BCUT2D eigenvalue weighted by atomic mass is 16.8. The standard InChI is InChI=1S/C53H82O22/c1-20-9-14-52-16-15-51(8)50(7)13-10-25-48(4,5)27(11-12-49(25,6)41(50)40-42(71-40)53(51,26(52)17-20)75-47(52)65)70-46-39(74-44-35(63)32(60)29(57)22(3)67-44)38(73-45-36(64)33(61)30(58)23(18-54)68-45)37(24(19-55)69-46)72-43-34(62)31(59)28(56)21(2)66-43/h21-46,54-64H,1,9-19H2,2-8H3/t21-,22-,23+,24+,25+,26-,27-,28-,29-,30+,31+,32+,33-,34+,35+,36+,37+,38-,39+,40-,41-,42-,43-,44-,45-,46-,49-,50+,51-,52-,53+/m0/s1. The lowest BCUT2D eigenvalue weighted by molar-refractivity contribution is -0.413. The van der Waals surface area contributed by atoms with Crippen molar-refractivity contribution in [3.05, 3.63) is 12.2 Å². The van der Waals surface area contributed by atoms with Crippen molar-refractivity contribution in [1.29, 1.82) is 0 Å². The minimum atomic E-state index is -1.99. The van der Waals surface area contributed by atoms with Crippen molar-refractivity contribution in [2.24, 2.45) is 44.8 Å². The van der Waals surface area contributed by atoms with Crippen LogP contribution in [0.1, 0.15) is 106 Å². The number of fused-ring (bicyclic) bond motifs is 6. The number of hydrogen-bond acceptors (Lipinski definition) is 22. The molecule has 6 heterocycles. The molecule has 11 fully saturated rings. The van der Waals surface area contributed by atoms with Crippen molar-refractivity contribution in [3.8, 4) is 0 Å². The molecule has 31 atom stereocenters. The van der Waals surface area contributed by atoms with Gasteiger partial charge in [0.05, 0.1) is 43.0 Å². The largest absolute Gasteiger partial charge is 0.455 e. The molecule has 11 aliphatic rings. The summed E-state index contributed by atoms with van der Waals surface area (Å²) < 4.78 is 64.7. The van der Waals surface area contributed by atoms with Crippen molar-refractivity contribution in [3.63, 3.8) is 0 Å². The Hall–Kier alpha value is -1.59. The molecule has 2 bridgehead atoms. The molecule has 5 saturated carbocycles. The molecule has 5 aliphatic carbocycles.